The largest absolute Gasteiger partial charge is 0.507 e. The fraction of sp³-hybridized carbons (Fsp3) is 0.500. The predicted molar refractivity (Wildman–Crippen MR) is 176 cm³/mol. The highest BCUT2D eigenvalue weighted by Gasteiger charge is 2.40. The quantitative estimate of drug-likeness (QED) is 0.228. The van der Waals surface area contributed by atoms with Crippen molar-refractivity contribution in [3.8, 4) is 11.5 Å². The van der Waals surface area contributed by atoms with Crippen molar-refractivity contribution in [2.45, 2.75) is 79.3 Å². The minimum atomic E-state index is -1.44. The van der Waals surface area contributed by atoms with Gasteiger partial charge in [0.05, 0.1) is 53.4 Å². The van der Waals surface area contributed by atoms with Crippen LogP contribution < -0.4 is 5.32 Å². The zero-order valence-electron chi connectivity index (χ0n) is 28.3. The number of hydrogen-bond acceptors (Lipinski definition) is 11. The molecule has 1 aromatic carbocycles. The first-order chi connectivity index (χ1) is 22.4. The number of rotatable bonds is 2. The molecule has 3 aliphatic rings. The Morgan fingerprint density at radius 2 is 1.21 bits per heavy atom. The van der Waals surface area contributed by atoms with E-state index in [-0.39, 0.29) is 16.7 Å². The SMILES string of the molecule is CC[C@H]1/C=C/C=C(/C)C(=O)NC2=CC(=O)c3c(c(O)c(C)c(O)c3C(=O)/C(C)=C\[C@@H](CO)[C@H](O)[C@@H](C)[C@H](O)[C@@H](C)[C@@H](O)[C@@H](C)[C@@H]1O)C2=O. The van der Waals surface area contributed by atoms with E-state index in [9.17, 15) is 54.9 Å². The van der Waals surface area contributed by atoms with Gasteiger partial charge in [0.1, 0.15) is 11.5 Å². The van der Waals surface area contributed by atoms with Crippen LogP contribution in [0.1, 0.15) is 84.6 Å². The lowest BCUT2D eigenvalue weighted by Gasteiger charge is -2.37. The first kappa shape index (κ1) is 38.5. The van der Waals surface area contributed by atoms with Gasteiger partial charge in [-0.05, 0) is 32.8 Å². The van der Waals surface area contributed by atoms with Crippen molar-refractivity contribution in [2.75, 3.05) is 6.61 Å². The molecule has 0 aromatic heterocycles. The number of fused-ring (bicyclic) bond motifs is 15. The molecule has 8 N–H and O–H groups in total. The molecule has 0 spiro atoms. The summed E-state index contributed by atoms with van der Waals surface area (Å²) in [6.07, 6.45) is 2.09. The highest BCUT2D eigenvalue weighted by atomic mass is 16.3. The Morgan fingerprint density at radius 3 is 1.73 bits per heavy atom. The molecule has 1 aromatic rings. The molecule has 0 fully saturated rings. The van der Waals surface area contributed by atoms with E-state index in [0.29, 0.717) is 6.42 Å². The van der Waals surface area contributed by atoms with Gasteiger partial charge in [-0.1, -0.05) is 52.0 Å². The van der Waals surface area contributed by atoms with E-state index in [2.05, 4.69) is 5.32 Å². The van der Waals surface area contributed by atoms with Gasteiger partial charge >= 0.3 is 0 Å². The minimum absolute atomic E-state index is 0.125. The molecule has 262 valence electrons. The van der Waals surface area contributed by atoms with Crippen LogP contribution >= 0.6 is 0 Å². The highest BCUT2D eigenvalue weighted by molar-refractivity contribution is 6.31. The topological polar surface area (TPSA) is 222 Å². The number of Topliss-reactive ketones (excluding diaryl/α,β-unsaturated/α-hetero) is 2. The molecule has 4 rings (SSSR count). The van der Waals surface area contributed by atoms with Crippen LogP contribution in [0.3, 0.4) is 0 Å². The molecule has 4 bridgehead atoms. The molecule has 2 aliphatic heterocycles. The Morgan fingerprint density at radius 1 is 0.708 bits per heavy atom. The van der Waals surface area contributed by atoms with Crippen LogP contribution in [0.2, 0.25) is 0 Å². The van der Waals surface area contributed by atoms with Crippen molar-refractivity contribution in [2.24, 2.45) is 29.6 Å². The van der Waals surface area contributed by atoms with Gasteiger partial charge in [-0.2, -0.15) is 0 Å². The van der Waals surface area contributed by atoms with Gasteiger partial charge in [0.15, 0.2) is 11.6 Å². The average molecular weight is 670 g/mol. The second-order valence-electron chi connectivity index (χ2n) is 13.0. The summed E-state index contributed by atoms with van der Waals surface area (Å²) in [6.45, 7) is 9.88. The standard InChI is InChI=1S/C36H47NO11/c1-8-21-11-9-10-15(2)36(48)37-23-13-24(39)25-26(33(45)20(7)34(46)27(25)35(23)47)28(40)16(3)12-22(14-38)32(44)19(6)30(42)17(4)29(41)18(5)31(21)43/h9-13,17-19,21-22,29-32,38,41-46H,8,14H2,1-7H3,(H,37,48)/b11-9+,15-10-,16-12-/t17-,18+,19-,21-,22-,29+,30+,31-,32+/m0/s1. The fourth-order valence-corrected chi connectivity index (χ4v) is 6.36. The summed E-state index contributed by atoms with van der Waals surface area (Å²) in [4.78, 5) is 53.8. The van der Waals surface area contributed by atoms with E-state index >= 15 is 0 Å². The molecule has 0 saturated heterocycles. The summed E-state index contributed by atoms with van der Waals surface area (Å²) in [5.41, 5.74) is -2.48. The second kappa shape index (κ2) is 15.5. The van der Waals surface area contributed by atoms with Gasteiger partial charge < -0.3 is 41.1 Å². The van der Waals surface area contributed by atoms with E-state index in [1.807, 2.05) is 6.92 Å². The van der Waals surface area contributed by atoms with Crippen LogP contribution in [0.25, 0.3) is 0 Å². The molecule has 48 heavy (non-hydrogen) atoms. The number of phenols is 2. The third kappa shape index (κ3) is 7.37. The Hall–Kier alpha value is -3.94. The number of hydrogen-bond donors (Lipinski definition) is 8. The molecule has 9 atom stereocenters. The van der Waals surface area contributed by atoms with Crippen molar-refractivity contribution in [3.05, 3.63) is 69.5 Å². The molecule has 12 nitrogen and oxygen atoms in total. The lowest BCUT2D eigenvalue weighted by molar-refractivity contribution is -0.116. The number of aromatic hydroxyl groups is 2. The predicted octanol–water partition coefficient (Wildman–Crippen LogP) is 2.42. The maximum absolute atomic E-state index is 13.8. The number of nitrogens with one attached hydrogen (secondary N) is 1. The van der Waals surface area contributed by atoms with E-state index in [0.717, 1.165) is 6.08 Å². The summed E-state index contributed by atoms with van der Waals surface area (Å²) in [5.74, 6) is -9.22. The zero-order chi connectivity index (χ0) is 36.4. The number of carbonyl (C=O) groups excluding carboxylic acids is 4. The monoisotopic (exact) mass is 669 g/mol. The fourth-order valence-electron chi connectivity index (χ4n) is 6.36. The Kier molecular flexibility index (Phi) is 12.5. The van der Waals surface area contributed by atoms with E-state index < -0.39 is 118 Å². The summed E-state index contributed by atoms with van der Waals surface area (Å²) >= 11 is 0. The van der Waals surface area contributed by atoms with Crippen LogP contribution in [-0.4, -0.2) is 90.0 Å². The van der Waals surface area contributed by atoms with Crippen LogP contribution in [0, 0.1) is 36.5 Å². The average Bonchev–Trinajstić information content (AvgIpc) is 3.06. The van der Waals surface area contributed by atoms with Crippen LogP contribution in [-0.2, 0) is 4.79 Å². The first-order valence-electron chi connectivity index (χ1n) is 16.0. The number of benzene rings is 1. The molecule has 0 radical (unpaired) electrons. The van der Waals surface area contributed by atoms with Crippen molar-refractivity contribution in [1.82, 2.24) is 5.32 Å². The Balaban J connectivity index is 2.24. The lowest BCUT2D eigenvalue weighted by Crippen LogP contribution is -2.46. The van der Waals surface area contributed by atoms with E-state index in [1.54, 1.807) is 19.9 Å². The van der Waals surface area contributed by atoms with Crippen molar-refractivity contribution >= 4 is 23.3 Å². The normalized spacial score (nSPS) is 34.1. The van der Waals surface area contributed by atoms with Gasteiger partial charge in [0, 0.05) is 46.8 Å². The van der Waals surface area contributed by atoms with E-state index in [4.69, 9.17) is 0 Å². The number of phenolic OH excluding ortho intramolecular Hbond substituents is 2. The zero-order valence-corrected chi connectivity index (χ0v) is 28.3. The minimum Gasteiger partial charge on any atom is -0.507 e. The van der Waals surface area contributed by atoms with Crippen LogP contribution in [0.15, 0.2) is 47.2 Å². The third-order valence-corrected chi connectivity index (χ3v) is 9.83. The van der Waals surface area contributed by atoms with Gasteiger partial charge in [-0.15, -0.1) is 0 Å². The number of aliphatic hydroxyl groups is 5. The molecule has 2 heterocycles. The maximum atomic E-state index is 13.8. The number of carbonyl (C=O) groups is 4. The molecule has 12 heteroatoms. The number of allylic oxidation sites excluding steroid dienone is 5. The third-order valence-electron chi connectivity index (χ3n) is 9.83. The number of aliphatic hydroxyl groups excluding tert-OH is 5. The van der Waals surface area contributed by atoms with Gasteiger partial charge in [0.2, 0.25) is 5.78 Å². The number of ketones is 3. The summed E-state index contributed by atoms with van der Waals surface area (Å²) < 4.78 is 0. The van der Waals surface area contributed by atoms with Crippen molar-refractivity contribution in [3.63, 3.8) is 0 Å². The van der Waals surface area contributed by atoms with Gasteiger partial charge in [-0.25, -0.2) is 0 Å². The molecule has 0 unspecified atom stereocenters. The first-order valence-corrected chi connectivity index (χ1v) is 16.0. The van der Waals surface area contributed by atoms with Crippen LogP contribution in [0.4, 0.5) is 0 Å². The summed E-state index contributed by atoms with van der Waals surface area (Å²) in [6, 6.07) is 0. The van der Waals surface area contributed by atoms with Crippen LogP contribution in [0.5, 0.6) is 11.5 Å². The molecular weight excluding hydrogens is 622 g/mol. The van der Waals surface area contributed by atoms with Crippen molar-refractivity contribution in [1.29, 1.82) is 0 Å². The highest BCUT2D eigenvalue weighted by Crippen LogP contribution is 2.41. The van der Waals surface area contributed by atoms with Crippen molar-refractivity contribution < 1.29 is 54.9 Å². The Labute approximate surface area is 279 Å². The summed E-state index contributed by atoms with van der Waals surface area (Å²) in [5, 5.41) is 79.1. The molecular formula is C36H47NO11. The second-order valence-corrected chi connectivity index (χ2v) is 13.0. The summed E-state index contributed by atoms with van der Waals surface area (Å²) in [7, 11) is 0. The Bertz CT molecular complexity index is 1590. The molecule has 1 amide bonds. The smallest absolute Gasteiger partial charge is 0.251 e. The maximum Gasteiger partial charge on any atom is 0.251 e. The van der Waals surface area contributed by atoms with Gasteiger partial charge in [-0.3, -0.25) is 19.2 Å². The molecule has 1 aliphatic carbocycles. The number of amides is 1. The van der Waals surface area contributed by atoms with E-state index in [1.165, 1.54) is 45.9 Å². The lowest BCUT2D eigenvalue weighted by atomic mass is 9.76. The van der Waals surface area contributed by atoms with Gasteiger partial charge in [0.25, 0.3) is 5.91 Å². The molecule has 0 saturated carbocycles.